The van der Waals surface area contributed by atoms with Crippen LogP contribution in [0.1, 0.15) is 90.4 Å². The van der Waals surface area contributed by atoms with Crippen molar-refractivity contribution in [1.82, 2.24) is 25.8 Å². The van der Waals surface area contributed by atoms with Crippen molar-refractivity contribution in [2.24, 2.45) is 17.8 Å². The van der Waals surface area contributed by atoms with Gasteiger partial charge in [0.1, 0.15) is 13.2 Å². The lowest BCUT2D eigenvalue weighted by Crippen LogP contribution is -3.06. The van der Waals surface area contributed by atoms with E-state index in [9.17, 15) is 24.0 Å². The van der Waals surface area contributed by atoms with Gasteiger partial charge in [0.2, 0.25) is 17.7 Å². The summed E-state index contributed by atoms with van der Waals surface area (Å²) in [6, 6.07) is -0.00446. The lowest BCUT2D eigenvalue weighted by Gasteiger charge is -2.39. The SMILES string of the molecule is CC1CCCCC1NC(=O)NC1CCC(CC(=O)NC2CCC3C(C2)C(=O)N(CCC(=O)OCC[NH+](C)C)CC(=O)N3C)CC1. The molecule has 0 radical (unpaired) electrons. The van der Waals surface area contributed by atoms with E-state index in [0.717, 1.165) is 32.1 Å². The van der Waals surface area contributed by atoms with E-state index >= 15 is 0 Å². The average Bonchev–Trinajstić information content (AvgIpc) is 3.08. The number of carbonyl (C=O) groups is 5. The van der Waals surface area contributed by atoms with Gasteiger partial charge >= 0.3 is 12.0 Å². The van der Waals surface area contributed by atoms with Gasteiger partial charge in [0.05, 0.1) is 33.0 Å². The quantitative estimate of drug-likeness (QED) is 0.249. The summed E-state index contributed by atoms with van der Waals surface area (Å²) in [7, 11) is 5.71. The van der Waals surface area contributed by atoms with Gasteiger partial charge in [0.15, 0.2) is 0 Å². The zero-order chi connectivity index (χ0) is 32.5. The number of fused-ring (bicyclic) bond motifs is 1. The summed E-state index contributed by atoms with van der Waals surface area (Å²) in [5, 5.41) is 9.52. The van der Waals surface area contributed by atoms with Crippen LogP contribution >= 0.6 is 0 Å². The van der Waals surface area contributed by atoms with Crippen LogP contribution in [-0.2, 0) is 23.9 Å². The highest BCUT2D eigenvalue weighted by molar-refractivity contribution is 5.89. The van der Waals surface area contributed by atoms with Crippen molar-refractivity contribution >= 4 is 29.7 Å². The molecule has 4 aliphatic rings. The molecule has 1 aliphatic heterocycles. The van der Waals surface area contributed by atoms with Crippen LogP contribution < -0.4 is 20.9 Å². The minimum absolute atomic E-state index is 0.00329. The van der Waals surface area contributed by atoms with Gasteiger partial charge in [-0.3, -0.25) is 19.2 Å². The number of nitrogens with one attached hydrogen (secondary N) is 4. The summed E-state index contributed by atoms with van der Waals surface area (Å²) in [4.78, 5) is 68.8. The molecular weight excluding hydrogens is 576 g/mol. The molecule has 12 heteroatoms. The third-order valence-corrected chi connectivity index (χ3v) is 10.6. The van der Waals surface area contributed by atoms with Crippen molar-refractivity contribution in [2.75, 3.05) is 47.4 Å². The molecule has 0 aromatic heterocycles. The van der Waals surface area contributed by atoms with Gasteiger partial charge < -0.3 is 35.4 Å². The second kappa shape index (κ2) is 16.6. The third kappa shape index (κ3) is 10.3. The number of nitrogens with zero attached hydrogens (tertiary/aromatic N) is 2. The average molecular weight is 634 g/mol. The van der Waals surface area contributed by atoms with Crippen LogP contribution in [0, 0.1) is 17.8 Å². The van der Waals surface area contributed by atoms with E-state index in [-0.39, 0.29) is 79.3 Å². The summed E-state index contributed by atoms with van der Waals surface area (Å²) in [5.74, 6) is -0.253. The number of likely N-dealkylation sites (N-methyl/N-ethyl adjacent to an activating group) is 2. The summed E-state index contributed by atoms with van der Waals surface area (Å²) < 4.78 is 5.28. The Labute approximate surface area is 268 Å². The molecule has 5 amide bonds. The first-order valence-electron chi connectivity index (χ1n) is 17.4. The number of carbonyl (C=O) groups excluding carboxylic acids is 5. The molecule has 5 unspecified atom stereocenters. The van der Waals surface area contributed by atoms with E-state index in [1.807, 2.05) is 14.1 Å². The number of hydrogen-bond acceptors (Lipinski definition) is 6. The molecule has 4 N–H and O–H groups in total. The van der Waals surface area contributed by atoms with E-state index in [1.54, 1.807) is 11.9 Å². The van der Waals surface area contributed by atoms with Crippen molar-refractivity contribution in [3.05, 3.63) is 0 Å². The molecule has 1 heterocycles. The van der Waals surface area contributed by atoms with Crippen LogP contribution in [0.25, 0.3) is 0 Å². The van der Waals surface area contributed by atoms with Gasteiger partial charge in [-0.05, 0) is 69.6 Å². The van der Waals surface area contributed by atoms with Gasteiger partial charge in [-0.15, -0.1) is 0 Å². The fourth-order valence-electron chi connectivity index (χ4n) is 7.63. The highest BCUT2D eigenvalue weighted by atomic mass is 16.5. The zero-order valence-corrected chi connectivity index (χ0v) is 27.9. The van der Waals surface area contributed by atoms with Crippen LogP contribution in [-0.4, -0.2) is 111 Å². The Morgan fingerprint density at radius 2 is 1.62 bits per heavy atom. The summed E-state index contributed by atoms with van der Waals surface area (Å²) in [6.45, 7) is 3.33. The molecule has 0 aromatic rings. The molecule has 0 aromatic carbocycles. The van der Waals surface area contributed by atoms with E-state index in [4.69, 9.17) is 4.74 Å². The Bertz CT molecular complexity index is 1050. The number of hydrogen-bond donors (Lipinski definition) is 4. The zero-order valence-electron chi connectivity index (χ0n) is 27.9. The highest BCUT2D eigenvalue weighted by Crippen LogP contribution is 2.33. The minimum atomic E-state index is -0.418. The van der Waals surface area contributed by atoms with Gasteiger partial charge in [-0.1, -0.05) is 19.8 Å². The monoisotopic (exact) mass is 633 g/mol. The van der Waals surface area contributed by atoms with Crippen LogP contribution in [0.5, 0.6) is 0 Å². The Kier molecular flexibility index (Phi) is 12.9. The van der Waals surface area contributed by atoms with Crippen molar-refractivity contribution < 1.29 is 33.6 Å². The standard InChI is InChI=1S/C33H56N6O6/c1-22-7-5-6-8-27(22)36-33(44)35-24-11-9-23(10-12-24)19-29(40)34-25-13-14-28-26(20-25)32(43)39(21-30(41)38(28)4)16-15-31(42)45-18-17-37(2)3/h22-28H,5-21H2,1-4H3,(H,34,40)(H2,35,36,44)/p+1. The summed E-state index contributed by atoms with van der Waals surface area (Å²) in [5.41, 5.74) is 0. The molecule has 5 atom stereocenters. The maximum absolute atomic E-state index is 13.6. The first-order valence-corrected chi connectivity index (χ1v) is 17.4. The van der Waals surface area contributed by atoms with Crippen LogP contribution in [0.3, 0.4) is 0 Å². The molecule has 0 spiro atoms. The highest BCUT2D eigenvalue weighted by Gasteiger charge is 2.44. The van der Waals surface area contributed by atoms with Gasteiger partial charge in [0, 0.05) is 44.2 Å². The Morgan fingerprint density at radius 1 is 0.911 bits per heavy atom. The minimum Gasteiger partial charge on any atom is -0.460 e. The van der Waals surface area contributed by atoms with Crippen molar-refractivity contribution in [2.45, 2.75) is 115 Å². The van der Waals surface area contributed by atoms with E-state index in [0.29, 0.717) is 44.8 Å². The van der Waals surface area contributed by atoms with Gasteiger partial charge in [-0.2, -0.15) is 0 Å². The lowest BCUT2D eigenvalue weighted by atomic mass is 9.79. The predicted molar refractivity (Wildman–Crippen MR) is 169 cm³/mol. The second-order valence-electron chi connectivity index (χ2n) is 14.4. The molecule has 254 valence electrons. The van der Waals surface area contributed by atoms with E-state index in [2.05, 4.69) is 22.9 Å². The third-order valence-electron chi connectivity index (χ3n) is 10.6. The summed E-state index contributed by atoms with van der Waals surface area (Å²) in [6.07, 6.45) is 10.5. The van der Waals surface area contributed by atoms with Gasteiger partial charge in [-0.25, -0.2) is 4.79 Å². The predicted octanol–water partition coefficient (Wildman–Crippen LogP) is 0.845. The van der Waals surface area contributed by atoms with Crippen molar-refractivity contribution in [3.63, 3.8) is 0 Å². The Morgan fingerprint density at radius 3 is 2.33 bits per heavy atom. The molecule has 12 nitrogen and oxygen atoms in total. The number of amides is 5. The molecule has 0 bridgehead atoms. The smallest absolute Gasteiger partial charge is 0.315 e. The van der Waals surface area contributed by atoms with Crippen molar-refractivity contribution in [1.29, 1.82) is 0 Å². The normalized spacial score (nSPS) is 30.7. The molecule has 3 aliphatic carbocycles. The Hall–Kier alpha value is -2.89. The number of urea groups is 1. The summed E-state index contributed by atoms with van der Waals surface area (Å²) >= 11 is 0. The lowest BCUT2D eigenvalue weighted by molar-refractivity contribution is -0.858. The maximum atomic E-state index is 13.6. The largest absolute Gasteiger partial charge is 0.460 e. The molecule has 45 heavy (non-hydrogen) atoms. The molecule has 3 saturated carbocycles. The second-order valence-corrected chi connectivity index (χ2v) is 14.4. The van der Waals surface area contributed by atoms with Crippen LogP contribution in [0.2, 0.25) is 0 Å². The number of rotatable bonds is 11. The number of quaternary nitrogens is 1. The molecule has 1 saturated heterocycles. The van der Waals surface area contributed by atoms with E-state index < -0.39 is 5.92 Å². The first kappa shape index (κ1) is 35.0. The number of ether oxygens (including phenoxy) is 1. The fraction of sp³-hybridized carbons (Fsp3) is 0.848. The Balaban J connectivity index is 1.20. The fourth-order valence-corrected chi connectivity index (χ4v) is 7.63. The molecular formula is C33H57N6O6+. The van der Waals surface area contributed by atoms with Crippen LogP contribution in [0.15, 0.2) is 0 Å². The van der Waals surface area contributed by atoms with Gasteiger partial charge in [0.25, 0.3) is 0 Å². The van der Waals surface area contributed by atoms with Crippen LogP contribution in [0.4, 0.5) is 4.79 Å². The first-order chi connectivity index (χ1) is 21.5. The maximum Gasteiger partial charge on any atom is 0.315 e. The number of esters is 1. The topological polar surface area (TPSA) is 142 Å². The molecule has 4 fully saturated rings. The molecule has 4 rings (SSSR count). The van der Waals surface area contributed by atoms with E-state index in [1.165, 1.54) is 29.1 Å². The van der Waals surface area contributed by atoms with Crippen molar-refractivity contribution in [3.8, 4) is 0 Å².